The highest BCUT2D eigenvalue weighted by atomic mass is 16.5. The zero-order valence-corrected chi connectivity index (χ0v) is 94.7. The molecule has 12 N–H and O–H groups in total. The number of carbonyl (C=O) groups excluding carboxylic acids is 12. The van der Waals surface area contributed by atoms with Gasteiger partial charge >= 0.3 is 0 Å². The number of ether oxygens (including phenoxy) is 2. The fourth-order valence-electron chi connectivity index (χ4n) is 37.7. The van der Waals surface area contributed by atoms with Crippen molar-refractivity contribution in [1.29, 1.82) is 0 Å². The highest BCUT2D eigenvalue weighted by Crippen LogP contribution is 2.81. The van der Waals surface area contributed by atoms with Crippen LogP contribution in [0.25, 0.3) is 0 Å². The van der Waals surface area contributed by atoms with E-state index < -0.39 is 177 Å². The third-order valence-corrected chi connectivity index (χ3v) is 47.7. The molecule has 0 amide bonds. The molecule has 2 saturated heterocycles. The zero-order chi connectivity index (χ0) is 111. The number of aliphatic hydroxyl groups excluding tert-OH is 7. The van der Waals surface area contributed by atoms with E-state index in [1.54, 1.807) is 27.7 Å². The molecule has 18 aliphatic rings. The molecular weight excluding hydrogens is 1870 g/mol. The van der Waals surface area contributed by atoms with Gasteiger partial charge < -0.3 is 70.8 Å². The molecular formula is C121H182O26. The predicted molar refractivity (Wildman–Crippen MR) is 551 cm³/mol. The Kier molecular flexibility index (Phi) is 28.1. The SMILES string of the molecule is CC(C)(O)C(O)CC(=O)[C@](C)(O)[C@H]1[C@H](O)C[C@@]2(C)[C@@H]3CC=C4[C@@H](CC(=O)[C@@H](O)C4(C)C)[C@]3(C)C(=O)C[C@]12C.CC(C)(O)CCC(=O)[C@](C)(O)[C@H]1[C@H](O)C[C@@]2(C)[C@@H]3CC=C4[C@@H](CC(=O)[C@@H](O)C4(C)C)[C@]3(C)C(=O)C[C@]12C.C[C@H]1C(=O)C[C@@H](C(C)(C)C)O[C@H]2C[C@@]3(C)[C@@H]4CC=C5[C@@H](CC(=O)[C@H](O)C5(C)C)[C@]4(C)C(=O)C[C@]3(C)[C@H]21.C[C@H]1C(=O)C[C@@H](C(C)(C)O)O[C@H]2C[C@@]3(C)[C@@H]4CC=C5[C@@H](CC(=O)[C@@H](O)C5(C)C)[C@]4(C)C(=O)C[C@]3(C)[C@H]21. The number of hydrogen-bond acceptors (Lipinski definition) is 26. The Bertz CT molecular complexity index is 5400. The number of aliphatic hydroxyl groups is 12. The topological polar surface area (TPSA) is 466 Å². The normalized spacial score (nSPS) is 47.6. The summed E-state index contributed by atoms with van der Waals surface area (Å²) >= 11 is 0. The Morgan fingerprint density at radius 1 is 0.354 bits per heavy atom. The molecule has 16 aliphatic carbocycles. The van der Waals surface area contributed by atoms with Crippen LogP contribution < -0.4 is 0 Å². The minimum atomic E-state index is -2.05. The first-order valence-corrected chi connectivity index (χ1v) is 55.4. The first-order valence-electron chi connectivity index (χ1n) is 55.4. The minimum absolute atomic E-state index is 0.00209. The number of fused-ring (bicyclic) bond motifs is 24. The van der Waals surface area contributed by atoms with E-state index in [0.29, 0.717) is 44.9 Å². The smallest absolute Gasteiger partial charge is 0.167 e. The summed E-state index contributed by atoms with van der Waals surface area (Å²) in [6.07, 6.45) is 6.42. The van der Waals surface area contributed by atoms with Gasteiger partial charge in [-0.15, -0.1) is 0 Å². The molecule has 2 heterocycles. The van der Waals surface area contributed by atoms with Gasteiger partial charge in [-0.25, -0.2) is 0 Å². The molecule has 822 valence electrons. The number of ketones is 12. The Balaban J connectivity index is 0.000000147. The van der Waals surface area contributed by atoms with Crippen LogP contribution in [0.5, 0.6) is 0 Å². The second-order valence-electron chi connectivity index (χ2n) is 59.1. The van der Waals surface area contributed by atoms with E-state index in [2.05, 4.69) is 100 Å². The van der Waals surface area contributed by atoms with Crippen LogP contribution in [0.2, 0.25) is 0 Å². The number of Topliss-reactive ketones (excluding diaryl/α,β-unsaturated/α-hetero) is 12. The highest BCUT2D eigenvalue weighted by molar-refractivity contribution is 5.97. The molecule has 0 bridgehead atoms. The van der Waals surface area contributed by atoms with Gasteiger partial charge in [-0.2, -0.15) is 0 Å². The minimum Gasteiger partial charge on any atom is -0.393 e. The summed E-state index contributed by atoms with van der Waals surface area (Å²) in [7, 11) is 0. The van der Waals surface area contributed by atoms with Crippen molar-refractivity contribution in [3.8, 4) is 0 Å². The molecule has 26 heteroatoms. The summed E-state index contributed by atoms with van der Waals surface area (Å²) in [4.78, 5) is 162. The molecule has 0 aromatic rings. The Morgan fingerprint density at radius 3 is 0.878 bits per heavy atom. The Labute approximate surface area is 872 Å². The van der Waals surface area contributed by atoms with Crippen LogP contribution >= 0.6 is 0 Å². The Hall–Kier alpha value is -5.56. The van der Waals surface area contributed by atoms with Crippen molar-refractivity contribution in [1.82, 2.24) is 0 Å². The maximum absolute atomic E-state index is 14.3. The average Bonchev–Trinajstić information content (AvgIpc) is 1.56. The molecule has 39 atom stereocenters. The summed E-state index contributed by atoms with van der Waals surface area (Å²) in [5, 5.41) is 130. The van der Waals surface area contributed by atoms with Crippen molar-refractivity contribution in [3.05, 3.63) is 46.6 Å². The summed E-state index contributed by atoms with van der Waals surface area (Å²) in [5.74, 6) is -5.06. The van der Waals surface area contributed by atoms with Gasteiger partial charge in [0.15, 0.2) is 34.7 Å². The van der Waals surface area contributed by atoms with E-state index in [4.69, 9.17) is 9.47 Å². The van der Waals surface area contributed by atoms with Crippen LogP contribution in [0.3, 0.4) is 0 Å². The first kappa shape index (κ1) is 115. The Morgan fingerprint density at radius 2 is 0.612 bits per heavy atom. The van der Waals surface area contributed by atoms with Crippen molar-refractivity contribution in [3.63, 3.8) is 0 Å². The lowest BCUT2D eigenvalue weighted by atomic mass is 9.38. The van der Waals surface area contributed by atoms with Crippen LogP contribution in [0.1, 0.15) is 363 Å². The lowest BCUT2D eigenvalue weighted by Gasteiger charge is -2.64. The number of rotatable bonds is 11. The molecule has 14 fully saturated rings. The molecule has 12 saturated carbocycles. The van der Waals surface area contributed by atoms with Crippen molar-refractivity contribution in [2.24, 2.45) is 175 Å². The van der Waals surface area contributed by atoms with Crippen LogP contribution in [0.4, 0.5) is 0 Å². The standard InChI is InChI=1S/C31H46O5.C30H46O8.C30H46O7.C30H44O6/c1-16-19(32)13-24(27(2,3)4)36-21-14-29(7)22-11-10-17-18(12-20(33)26(35)28(17,5)6)31(22,9)23(34)15-30(29,8)25(16)21;1-25(2)15-9-10-19-27(5)13-18(32)23(30(8,38)21(34)12-20(33)26(3,4)37)28(27,6)14-22(35)29(19,7)16(15)11-17(31)24(25)36;1-25(2,36)12-11-21(33)30(8,37)23-19(32)14-27(5)20-10-9-16-17(13-18(31)24(35)26(16,3)4)29(20,7)22(34)15-28(23,27)6;1-15-18(31)12-23(27(4,5)35)36-20-13-28(6)21-10-9-16-17(11-19(32)25(34)26(16,2)3)30(21,8)22(33)14-29(28,7)24(15)20/h10,16,18,21-22,24-26,35H,11-15H2,1-9H3;9,16,18-20,23-24,32-33,36-38H,10-14H2,1-8H3;9,17,19-20,23-24,32,35-37H,10-15H2,1-8H3;9,15,17,20-21,23-25,34-35H,10-14H2,1-8H3/t16-,18+,21-,22-,24-,25-,26-,29-,30+,31-;16-,18-,19+,20?,23+,24-,27+,28-,29+,30+;17-,19-,20+,23+,24-,27+,28-,29+,30+;15-,17+,20-,21-,23-,24-,25+,28-,29+,30-/m0110/s1. The van der Waals surface area contributed by atoms with Gasteiger partial charge in [-0.05, 0) is 209 Å². The van der Waals surface area contributed by atoms with Crippen LogP contribution in [-0.4, -0.2) is 226 Å². The maximum atomic E-state index is 14.3. The molecule has 0 aromatic carbocycles. The van der Waals surface area contributed by atoms with Crippen molar-refractivity contribution >= 4 is 69.4 Å². The third-order valence-electron chi connectivity index (χ3n) is 47.7. The van der Waals surface area contributed by atoms with Gasteiger partial charge in [-0.3, -0.25) is 57.5 Å². The quantitative estimate of drug-likeness (QED) is 0.0855. The van der Waals surface area contributed by atoms with Gasteiger partial charge in [-0.1, -0.05) is 220 Å². The van der Waals surface area contributed by atoms with Gasteiger partial charge in [0.05, 0.1) is 59.5 Å². The third kappa shape index (κ3) is 16.3. The molecule has 1 unspecified atom stereocenters. The van der Waals surface area contributed by atoms with E-state index in [0.717, 1.165) is 41.6 Å². The molecule has 0 spiro atoms. The van der Waals surface area contributed by atoms with Crippen molar-refractivity contribution in [2.45, 2.75) is 458 Å². The molecule has 0 radical (unpaired) electrons. The molecule has 147 heavy (non-hydrogen) atoms. The molecule has 0 aromatic heterocycles. The monoisotopic (exact) mass is 2050 g/mol. The number of hydrogen-bond donors (Lipinski definition) is 12. The van der Waals surface area contributed by atoms with Gasteiger partial charge in [0.1, 0.15) is 70.3 Å². The van der Waals surface area contributed by atoms with E-state index in [-0.39, 0.29) is 233 Å². The summed E-state index contributed by atoms with van der Waals surface area (Å²) in [5.41, 5.74) is -14.1. The summed E-state index contributed by atoms with van der Waals surface area (Å²) < 4.78 is 13.4. The first-order chi connectivity index (χ1) is 66.5. The van der Waals surface area contributed by atoms with E-state index in [9.17, 15) is 119 Å². The van der Waals surface area contributed by atoms with Gasteiger partial charge in [0.2, 0.25) is 0 Å². The largest absolute Gasteiger partial charge is 0.393 e. The fraction of sp³-hybridized carbons (Fsp3) is 0.835. The summed E-state index contributed by atoms with van der Waals surface area (Å²) in [6.45, 7) is 62.8. The lowest BCUT2D eigenvalue weighted by molar-refractivity contribution is -0.186. The van der Waals surface area contributed by atoms with Gasteiger partial charge in [0, 0.05) is 156 Å². The van der Waals surface area contributed by atoms with Crippen LogP contribution in [-0.2, 0) is 67.0 Å². The second kappa shape index (κ2) is 35.7. The molecule has 26 nitrogen and oxygen atoms in total. The number of allylic oxidation sites excluding steroid dienone is 4. The zero-order valence-electron chi connectivity index (χ0n) is 94.7. The van der Waals surface area contributed by atoms with Crippen molar-refractivity contribution < 1.29 is 128 Å². The van der Waals surface area contributed by atoms with Crippen LogP contribution in [0, 0.1) is 175 Å². The van der Waals surface area contributed by atoms with E-state index in [1.165, 1.54) is 27.7 Å². The van der Waals surface area contributed by atoms with Gasteiger partial charge in [0.25, 0.3) is 0 Å². The molecule has 18 rings (SSSR count). The van der Waals surface area contributed by atoms with Crippen LogP contribution in [0.15, 0.2) is 46.6 Å². The summed E-state index contributed by atoms with van der Waals surface area (Å²) in [6, 6.07) is 0. The van der Waals surface area contributed by atoms with Crippen molar-refractivity contribution in [2.75, 3.05) is 0 Å². The number of carbonyl (C=O) groups is 12. The molecule has 2 aliphatic heterocycles. The lowest BCUT2D eigenvalue weighted by Crippen LogP contribution is -2.65. The average molecular weight is 2050 g/mol. The highest BCUT2D eigenvalue weighted by Gasteiger charge is 2.81. The maximum Gasteiger partial charge on any atom is 0.167 e. The van der Waals surface area contributed by atoms with E-state index >= 15 is 0 Å². The predicted octanol–water partition coefficient (Wildman–Crippen LogP) is 14.7. The second-order valence-corrected chi connectivity index (χ2v) is 59.1. The fourth-order valence-corrected chi connectivity index (χ4v) is 37.7. The van der Waals surface area contributed by atoms with E-state index in [1.807, 2.05) is 96.9 Å².